The molecule has 0 saturated heterocycles. The van der Waals surface area contributed by atoms with Crippen molar-refractivity contribution in [1.82, 2.24) is 0 Å². The van der Waals surface area contributed by atoms with Crippen LogP contribution in [0.3, 0.4) is 0 Å². The molecule has 0 amide bonds. The number of rotatable bonds is 5. The van der Waals surface area contributed by atoms with Crippen LogP contribution in [0.5, 0.6) is 5.75 Å². The van der Waals surface area contributed by atoms with Gasteiger partial charge in [0.1, 0.15) is 12.3 Å². The minimum absolute atomic E-state index is 0.288. The monoisotopic (exact) mass is 259 g/mol. The smallest absolute Gasteiger partial charge is 0.324 e. The second-order valence-corrected chi connectivity index (χ2v) is 5.27. The lowest BCUT2D eigenvalue weighted by atomic mass is 10.3. The third-order valence-corrected chi connectivity index (χ3v) is 3.18. The third-order valence-electron chi connectivity index (χ3n) is 2.04. The van der Waals surface area contributed by atoms with Gasteiger partial charge >= 0.3 is 5.97 Å². The largest absolute Gasteiger partial charge is 0.497 e. The zero-order chi connectivity index (χ0) is 13.1. The molecule has 0 aliphatic heterocycles. The summed E-state index contributed by atoms with van der Waals surface area (Å²) in [4.78, 5) is 10.6. The molecule has 0 aromatic heterocycles. The van der Waals surface area contributed by atoms with Gasteiger partial charge in [-0.1, -0.05) is 0 Å². The number of benzene rings is 1. The van der Waals surface area contributed by atoms with Crippen molar-refractivity contribution in [2.45, 2.75) is 0 Å². The van der Waals surface area contributed by atoms with Gasteiger partial charge in [0, 0.05) is 0 Å². The maximum absolute atomic E-state index is 11.5. The Morgan fingerprint density at radius 2 is 1.88 bits per heavy atom. The van der Waals surface area contributed by atoms with Crippen molar-refractivity contribution >= 4 is 21.7 Å². The van der Waals surface area contributed by atoms with Gasteiger partial charge in [-0.3, -0.25) is 9.10 Å². The van der Waals surface area contributed by atoms with Crippen LogP contribution in [-0.2, 0) is 14.8 Å². The van der Waals surface area contributed by atoms with Gasteiger partial charge in [-0.15, -0.1) is 0 Å². The van der Waals surface area contributed by atoms with E-state index in [9.17, 15) is 13.2 Å². The maximum Gasteiger partial charge on any atom is 0.324 e. The Hall–Kier alpha value is -1.76. The number of methoxy groups -OCH3 is 1. The minimum atomic E-state index is -3.62. The van der Waals surface area contributed by atoms with Crippen LogP contribution in [0.2, 0.25) is 0 Å². The molecule has 17 heavy (non-hydrogen) atoms. The minimum Gasteiger partial charge on any atom is -0.497 e. The Balaban J connectivity index is 3.09. The van der Waals surface area contributed by atoms with Gasteiger partial charge in [0.15, 0.2) is 0 Å². The SMILES string of the molecule is COc1ccc(N(CC(=O)O)S(C)(=O)=O)cc1. The second kappa shape index (κ2) is 5.05. The number of hydrogen-bond acceptors (Lipinski definition) is 4. The maximum atomic E-state index is 11.5. The topological polar surface area (TPSA) is 83.9 Å². The molecule has 0 fully saturated rings. The number of sulfonamides is 1. The number of aliphatic carboxylic acids is 1. The first-order valence-corrected chi connectivity index (χ1v) is 6.53. The molecule has 0 unspecified atom stereocenters. The van der Waals surface area contributed by atoms with Gasteiger partial charge in [0.05, 0.1) is 19.1 Å². The molecule has 0 saturated carbocycles. The van der Waals surface area contributed by atoms with Crippen LogP contribution in [-0.4, -0.2) is 39.4 Å². The van der Waals surface area contributed by atoms with Gasteiger partial charge in [-0.25, -0.2) is 8.42 Å². The first-order valence-electron chi connectivity index (χ1n) is 4.68. The van der Waals surface area contributed by atoms with Gasteiger partial charge in [0.2, 0.25) is 10.0 Å². The van der Waals surface area contributed by atoms with Crippen LogP contribution < -0.4 is 9.04 Å². The fraction of sp³-hybridized carbons (Fsp3) is 0.300. The molecule has 0 spiro atoms. The highest BCUT2D eigenvalue weighted by molar-refractivity contribution is 7.92. The third kappa shape index (κ3) is 3.63. The molecule has 6 nitrogen and oxygen atoms in total. The van der Waals surface area contributed by atoms with E-state index in [1.165, 1.54) is 19.2 Å². The first kappa shape index (κ1) is 13.3. The highest BCUT2D eigenvalue weighted by atomic mass is 32.2. The molecular formula is C10H13NO5S. The van der Waals surface area contributed by atoms with E-state index < -0.39 is 22.5 Å². The molecule has 0 bridgehead atoms. The van der Waals surface area contributed by atoms with Crippen molar-refractivity contribution in [2.24, 2.45) is 0 Å². The van der Waals surface area contributed by atoms with Crippen molar-refractivity contribution in [1.29, 1.82) is 0 Å². The van der Waals surface area contributed by atoms with Crippen LogP contribution in [0, 0.1) is 0 Å². The lowest BCUT2D eigenvalue weighted by molar-refractivity contribution is -0.135. The molecule has 94 valence electrons. The van der Waals surface area contributed by atoms with Crippen molar-refractivity contribution in [2.75, 3.05) is 24.2 Å². The summed E-state index contributed by atoms with van der Waals surface area (Å²) in [5.41, 5.74) is 0.288. The molecule has 1 aromatic carbocycles. The summed E-state index contributed by atoms with van der Waals surface area (Å²) in [5.74, 6) is -0.649. The summed E-state index contributed by atoms with van der Waals surface area (Å²) in [5, 5.41) is 8.68. The number of ether oxygens (including phenoxy) is 1. The standard InChI is InChI=1S/C10H13NO5S/c1-16-9-5-3-8(4-6-9)11(7-10(12)13)17(2,14)15/h3-6H,7H2,1-2H3,(H,12,13). The normalized spacial score (nSPS) is 10.9. The number of anilines is 1. The van der Waals surface area contributed by atoms with Gasteiger partial charge in [-0.05, 0) is 24.3 Å². The number of carbonyl (C=O) groups is 1. The Bertz CT molecular complexity index is 494. The summed E-state index contributed by atoms with van der Waals surface area (Å²) in [7, 11) is -2.13. The average molecular weight is 259 g/mol. The predicted molar refractivity (Wildman–Crippen MR) is 62.8 cm³/mol. The Morgan fingerprint density at radius 1 is 1.35 bits per heavy atom. The lowest BCUT2D eigenvalue weighted by Crippen LogP contribution is -2.34. The van der Waals surface area contributed by atoms with E-state index in [1.54, 1.807) is 12.1 Å². The van der Waals surface area contributed by atoms with Crippen LogP contribution in [0.25, 0.3) is 0 Å². The molecule has 1 N–H and O–H groups in total. The molecule has 0 aliphatic carbocycles. The van der Waals surface area contributed by atoms with Gasteiger partial charge < -0.3 is 9.84 Å². The molecule has 0 radical (unpaired) electrons. The van der Waals surface area contributed by atoms with E-state index in [0.29, 0.717) is 5.75 Å². The van der Waals surface area contributed by atoms with Crippen molar-refractivity contribution in [3.05, 3.63) is 24.3 Å². The van der Waals surface area contributed by atoms with E-state index in [-0.39, 0.29) is 5.69 Å². The molecular weight excluding hydrogens is 246 g/mol. The Labute approximate surface area is 99.5 Å². The van der Waals surface area contributed by atoms with Crippen LogP contribution >= 0.6 is 0 Å². The number of hydrogen-bond donors (Lipinski definition) is 1. The van der Waals surface area contributed by atoms with E-state index in [4.69, 9.17) is 9.84 Å². The van der Waals surface area contributed by atoms with Crippen molar-refractivity contribution in [3.8, 4) is 5.75 Å². The zero-order valence-electron chi connectivity index (χ0n) is 9.45. The quantitative estimate of drug-likeness (QED) is 0.834. The summed E-state index contributed by atoms with van der Waals surface area (Å²) in [6.45, 7) is -0.606. The molecule has 7 heteroatoms. The molecule has 1 rings (SSSR count). The highest BCUT2D eigenvalue weighted by Crippen LogP contribution is 2.21. The van der Waals surface area contributed by atoms with E-state index in [0.717, 1.165) is 10.6 Å². The van der Waals surface area contributed by atoms with Crippen LogP contribution in [0.1, 0.15) is 0 Å². The summed E-state index contributed by atoms with van der Waals surface area (Å²) in [6.07, 6.45) is 0.959. The predicted octanol–water partition coefficient (Wildman–Crippen LogP) is 0.546. The molecule has 0 aliphatic rings. The first-order chi connectivity index (χ1) is 7.84. The Kier molecular flexibility index (Phi) is 3.95. The second-order valence-electron chi connectivity index (χ2n) is 3.36. The van der Waals surface area contributed by atoms with Gasteiger partial charge in [-0.2, -0.15) is 0 Å². The molecule has 1 aromatic rings. The fourth-order valence-electron chi connectivity index (χ4n) is 1.27. The van der Waals surface area contributed by atoms with E-state index in [2.05, 4.69) is 0 Å². The zero-order valence-corrected chi connectivity index (χ0v) is 10.3. The highest BCUT2D eigenvalue weighted by Gasteiger charge is 2.20. The van der Waals surface area contributed by atoms with E-state index in [1.807, 2.05) is 0 Å². The number of nitrogens with zero attached hydrogens (tertiary/aromatic N) is 1. The Morgan fingerprint density at radius 3 is 2.24 bits per heavy atom. The number of carboxylic acids is 1. The summed E-state index contributed by atoms with van der Waals surface area (Å²) < 4.78 is 28.7. The van der Waals surface area contributed by atoms with E-state index >= 15 is 0 Å². The van der Waals surface area contributed by atoms with Crippen molar-refractivity contribution in [3.63, 3.8) is 0 Å². The van der Waals surface area contributed by atoms with Crippen LogP contribution in [0.15, 0.2) is 24.3 Å². The van der Waals surface area contributed by atoms with Crippen molar-refractivity contribution < 1.29 is 23.1 Å². The summed E-state index contributed by atoms with van der Waals surface area (Å²) in [6, 6.07) is 6.11. The number of carboxylic acid groups (broad SMARTS) is 1. The lowest BCUT2D eigenvalue weighted by Gasteiger charge is -2.20. The molecule has 0 heterocycles. The fourth-order valence-corrected chi connectivity index (χ4v) is 2.12. The summed E-state index contributed by atoms with van der Waals surface area (Å²) >= 11 is 0. The van der Waals surface area contributed by atoms with Gasteiger partial charge in [0.25, 0.3) is 0 Å². The van der Waals surface area contributed by atoms with Crippen LogP contribution in [0.4, 0.5) is 5.69 Å². The average Bonchev–Trinajstić information content (AvgIpc) is 2.24. The molecule has 0 atom stereocenters.